The lowest BCUT2D eigenvalue weighted by Crippen LogP contribution is -2.36. The number of hydrogen-bond donors (Lipinski definition) is 2. The van der Waals surface area contributed by atoms with E-state index in [0.717, 1.165) is 22.7 Å². The zero-order chi connectivity index (χ0) is 20.0. The summed E-state index contributed by atoms with van der Waals surface area (Å²) in [7, 11) is 8.53. The molecule has 1 heterocycles. The van der Waals surface area contributed by atoms with Crippen LogP contribution in [0.25, 0.3) is 0 Å². The predicted molar refractivity (Wildman–Crippen MR) is 106 cm³/mol. The minimum atomic E-state index is 0.522. The van der Waals surface area contributed by atoms with E-state index in [1.54, 1.807) is 28.4 Å². The Morgan fingerprint density at radius 1 is 1.00 bits per heavy atom. The summed E-state index contributed by atoms with van der Waals surface area (Å²) in [6.45, 7) is 5.23. The quantitative estimate of drug-likeness (QED) is 0.568. The van der Waals surface area contributed by atoms with Gasteiger partial charge in [0.25, 0.3) is 0 Å². The zero-order valence-corrected chi connectivity index (χ0v) is 17.1. The highest BCUT2D eigenvalue weighted by Crippen LogP contribution is 2.34. The number of hydrogen-bond acceptors (Lipinski definition) is 5. The van der Waals surface area contributed by atoms with Gasteiger partial charge in [-0.1, -0.05) is 0 Å². The fourth-order valence-corrected chi connectivity index (χ4v) is 2.88. The van der Waals surface area contributed by atoms with Crippen LogP contribution in [0, 0.1) is 13.8 Å². The molecule has 1 aromatic carbocycles. The Bertz CT molecular complexity index is 814. The number of benzene rings is 1. The van der Waals surface area contributed by atoms with Crippen molar-refractivity contribution in [3.05, 3.63) is 34.6 Å². The van der Waals surface area contributed by atoms with Crippen LogP contribution in [0.4, 0.5) is 0 Å². The molecule has 0 atom stereocenters. The number of nitrogens with one attached hydrogen (secondary N) is 2. The molecule has 0 saturated carbocycles. The minimum Gasteiger partial charge on any atom is -0.496 e. The normalized spacial score (nSPS) is 11.3. The molecule has 0 unspecified atom stereocenters. The zero-order valence-electron chi connectivity index (χ0n) is 17.1. The summed E-state index contributed by atoms with van der Waals surface area (Å²) in [6.07, 6.45) is 0. The number of nitrogens with zero attached hydrogens (tertiary/aromatic N) is 3. The van der Waals surface area contributed by atoms with E-state index >= 15 is 0 Å². The number of guanidine groups is 1. The van der Waals surface area contributed by atoms with Gasteiger partial charge in [0.2, 0.25) is 0 Å². The molecule has 2 rings (SSSR count). The number of methoxy groups -OCH3 is 3. The van der Waals surface area contributed by atoms with Crippen LogP contribution in [0.3, 0.4) is 0 Å². The van der Waals surface area contributed by atoms with E-state index in [-0.39, 0.29) is 0 Å². The van der Waals surface area contributed by atoms with Gasteiger partial charge in [0.15, 0.2) is 17.5 Å². The Morgan fingerprint density at radius 3 is 2.11 bits per heavy atom. The van der Waals surface area contributed by atoms with Crippen molar-refractivity contribution < 1.29 is 14.2 Å². The Hall–Kier alpha value is -2.90. The summed E-state index contributed by atoms with van der Waals surface area (Å²) in [5, 5.41) is 11.1. The third-order valence-corrected chi connectivity index (χ3v) is 4.55. The molecule has 27 heavy (non-hydrogen) atoms. The number of aryl methyl sites for hydroxylation is 2. The number of ether oxygens (including phenoxy) is 3. The topological polar surface area (TPSA) is 81.9 Å². The van der Waals surface area contributed by atoms with E-state index in [4.69, 9.17) is 14.2 Å². The third-order valence-electron chi connectivity index (χ3n) is 4.55. The number of rotatable bonds is 7. The van der Waals surface area contributed by atoms with E-state index in [1.165, 1.54) is 5.56 Å². The monoisotopic (exact) mass is 375 g/mol. The second-order valence-corrected chi connectivity index (χ2v) is 6.07. The van der Waals surface area contributed by atoms with Crippen LogP contribution >= 0.6 is 0 Å². The first-order valence-corrected chi connectivity index (χ1v) is 8.67. The van der Waals surface area contributed by atoms with Crippen LogP contribution in [0.2, 0.25) is 0 Å². The summed E-state index contributed by atoms with van der Waals surface area (Å²) in [4.78, 5) is 4.29. The van der Waals surface area contributed by atoms with E-state index in [2.05, 4.69) is 27.6 Å². The fourth-order valence-electron chi connectivity index (χ4n) is 2.88. The molecule has 148 valence electrons. The standard InChI is InChI=1S/C19H29N5O3/c1-12-15(13(2)24(4)23-12)11-22-19(20-3)21-10-14-8-17(26-6)18(27-7)9-16(14)25-5/h8-9H,10-11H2,1-7H3,(H2,20,21,22). The lowest BCUT2D eigenvalue weighted by molar-refractivity contribution is 0.347. The predicted octanol–water partition coefficient (Wildman–Crippen LogP) is 1.93. The van der Waals surface area contributed by atoms with Gasteiger partial charge in [0.05, 0.1) is 27.0 Å². The molecular weight excluding hydrogens is 346 g/mol. The average Bonchev–Trinajstić information content (AvgIpc) is 2.92. The van der Waals surface area contributed by atoms with Gasteiger partial charge in [-0.05, 0) is 19.9 Å². The SMILES string of the molecule is CN=C(NCc1cc(OC)c(OC)cc1OC)NCc1c(C)nn(C)c1C. The first kappa shape index (κ1) is 20.4. The van der Waals surface area contributed by atoms with E-state index in [9.17, 15) is 0 Å². The number of aromatic nitrogens is 2. The molecule has 0 aliphatic rings. The van der Waals surface area contributed by atoms with Crippen LogP contribution in [0.15, 0.2) is 17.1 Å². The van der Waals surface area contributed by atoms with Gasteiger partial charge in [-0.2, -0.15) is 5.10 Å². The molecule has 0 amide bonds. The van der Waals surface area contributed by atoms with Gasteiger partial charge in [0.1, 0.15) is 5.75 Å². The highest BCUT2D eigenvalue weighted by atomic mass is 16.5. The molecule has 0 saturated heterocycles. The lowest BCUT2D eigenvalue weighted by atomic mass is 10.1. The van der Waals surface area contributed by atoms with Crippen LogP contribution in [-0.4, -0.2) is 44.1 Å². The van der Waals surface area contributed by atoms with Crippen LogP contribution in [0.1, 0.15) is 22.5 Å². The van der Waals surface area contributed by atoms with E-state index in [0.29, 0.717) is 30.5 Å². The molecule has 1 aromatic heterocycles. The smallest absolute Gasteiger partial charge is 0.191 e. The van der Waals surface area contributed by atoms with Gasteiger partial charge in [0, 0.05) is 50.1 Å². The second-order valence-electron chi connectivity index (χ2n) is 6.07. The lowest BCUT2D eigenvalue weighted by Gasteiger charge is -2.16. The molecule has 0 aliphatic heterocycles. The molecule has 0 fully saturated rings. The number of aliphatic imine (C=N–C) groups is 1. The maximum atomic E-state index is 5.47. The molecule has 8 nitrogen and oxygen atoms in total. The Labute approximate surface area is 160 Å². The minimum absolute atomic E-state index is 0.522. The van der Waals surface area contributed by atoms with Gasteiger partial charge in [-0.3, -0.25) is 9.67 Å². The Kier molecular flexibility index (Phi) is 6.92. The van der Waals surface area contributed by atoms with Gasteiger partial charge in [-0.25, -0.2) is 0 Å². The third kappa shape index (κ3) is 4.64. The van der Waals surface area contributed by atoms with Crippen molar-refractivity contribution in [1.82, 2.24) is 20.4 Å². The fraction of sp³-hybridized carbons (Fsp3) is 0.474. The van der Waals surface area contributed by atoms with Gasteiger partial charge in [-0.15, -0.1) is 0 Å². The van der Waals surface area contributed by atoms with Gasteiger partial charge < -0.3 is 24.8 Å². The van der Waals surface area contributed by atoms with Crippen molar-refractivity contribution >= 4 is 5.96 Å². The Morgan fingerprint density at radius 2 is 1.59 bits per heavy atom. The van der Waals surface area contributed by atoms with Crippen LogP contribution < -0.4 is 24.8 Å². The summed E-state index contributed by atoms with van der Waals surface area (Å²) in [6, 6.07) is 3.71. The average molecular weight is 375 g/mol. The first-order valence-electron chi connectivity index (χ1n) is 8.67. The molecule has 0 radical (unpaired) electrons. The van der Waals surface area contributed by atoms with Crippen molar-refractivity contribution in [2.75, 3.05) is 28.4 Å². The van der Waals surface area contributed by atoms with Crippen LogP contribution in [-0.2, 0) is 20.1 Å². The van der Waals surface area contributed by atoms with Crippen molar-refractivity contribution in [3.8, 4) is 17.2 Å². The summed E-state index contributed by atoms with van der Waals surface area (Å²) >= 11 is 0. The highest BCUT2D eigenvalue weighted by molar-refractivity contribution is 5.79. The molecule has 0 aliphatic carbocycles. The van der Waals surface area contributed by atoms with Crippen molar-refractivity contribution in [1.29, 1.82) is 0 Å². The van der Waals surface area contributed by atoms with E-state index in [1.807, 2.05) is 30.8 Å². The first-order chi connectivity index (χ1) is 12.9. The highest BCUT2D eigenvalue weighted by Gasteiger charge is 2.13. The molecule has 0 bridgehead atoms. The van der Waals surface area contributed by atoms with Gasteiger partial charge >= 0.3 is 0 Å². The molecule has 2 aromatic rings. The summed E-state index contributed by atoms with van der Waals surface area (Å²) in [5.41, 5.74) is 4.26. The molecule has 0 spiro atoms. The van der Waals surface area contributed by atoms with Crippen molar-refractivity contribution in [2.24, 2.45) is 12.0 Å². The maximum absolute atomic E-state index is 5.47. The van der Waals surface area contributed by atoms with Crippen molar-refractivity contribution in [2.45, 2.75) is 26.9 Å². The largest absolute Gasteiger partial charge is 0.496 e. The molecule has 2 N–H and O–H groups in total. The molecular formula is C19H29N5O3. The van der Waals surface area contributed by atoms with E-state index < -0.39 is 0 Å². The molecule has 8 heteroatoms. The Balaban J connectivity index is 2.07. The summed E-state index contributed by atoms with van der Waals surface area (Å²) < 4.78 is 18.1. The maximum Gasteiger partial charge on any atom is 0.191 e. The summed E-state index contributed by atoms with van der Waals surface area (Å²) in [5.74, 6) is 2.69. The second kappa shape index (κ2) is 9.16. The van der Waals surface area contributed by atoms with Crippen molar-refractivity contribution in [3.63, 3.8) is 0 Å². The van der Waals surface area contributed by atoms with Crippen LogP contribution in [0.5, 0.6) is 17.2 Å².